The average molecular weight is 376 g/mol. The maximum absolute atomic E-state index is 13.0. The Morgan fingerprint density at radius 1 is 1.00 bits per heavy atom. The van der Waals surface area contributed by atoms with Crippen LogP contribution in [0.2, 0.25) is 10.0 Å². The monoisotopic (exact) mass is 375 g/mol. The van der Waals surface area contributed by atoms with Gasteiger partial charge in [-0.05, 0) is 17.7 Å². The average Bonchev–Trinajstić information content (AvgIpc) is 2.91. The van der Waals surface area contributed by atoms with Gasteiger partial charge in [-0.15, -0.1) is 0 Å². The highest BCUT2D eigenvalue weighted by Crippen LogP contribution is 2.34. The fourth-order valence-corrected chi connectivity index (χ4v) is 4.15. The van der Waals surface area contributed by atoms with Crippen molar-refractivity contribution in [2.75, 3.05) is 11.4 Å². The Kier molecular flexibility index (Phi) is 4.28. The van der Waals surface area contributed by atoms with E-state index >= 15 is 0 Å². The minimum atomic E-state index is -0.365. The molecule has 1 saturated heterocycles. The maximum Gasteiger partial charge on any atom is 0.292 e. The summed E-state index contributed by atoms with van der Waals surface area (Å²) in [5.41, 5.74) is 2.96. The third-order valence-electron chi connectivity index (χ3n) is 5.06. The summed E-state index contributed by atoms with van der Waals surface area (Å²) in [6.07, 6.45) is 1.13. The van der Waals surface area contributed by atoms with Crippen LogP contribution in [0, 0.1) is 0 Å². The molecule has 1 N–H and O–H groups in total. The van der Waals surface area contributed by atoms with Crippen LogP contribution in [-0.2, 0) is 22.6 Å². The van der Waals surface area contributed by atoms with Crippen LogP contribution in [-0.4, -0.2) is 24.4 Å². The highest BCUT2D eigenvalue weighted by atomic mass is 35.5. The molecule has 2 aliphatic rings. The number of fused-ring (bicyclic) bond motifs is 1. The van der Waals surface area contributed by atoms with Crippen molar-refractivity contribution in [2.24, 2.45) is 0 Å². The van der Waals surface area contributed by atoms with Crippen molar-refractivity contribution in [1.82, 2.24) is 0 Å². The number of hydrogen-bond donors (Lipinski definition) is 1. The molecule has 1 unspecified atom stereocenters. The SMILES string of the molecule is O=C1C[C@H]([NH+]2CCc3ccccc3C2)C(=O)N1c1cccc(Cl)c1Cl. The van der Waals surface area contributed by atoms with Crippen LogP contribution in [0.5, 0.6) is 0 Å². The van der Waals surface area contributed by atoms with Crippen LogP contribution in [0.1, 0.15) is 17.5 Å². The number of nitrogens with one attached hydrogen (secondary N) is 1. The standard InChI is InChI=1S/C19H16Cl2N2O2/c20-14-6-3-7-15(18(14)21)23-17(24)10-16(19(23)25)22-9-8-12-4-1-2-5-13(12)11-22/h1-7,16H,8-11H2/p+1/t16-/m0/s1. The molecule has 0 saturated carbocycles. The van der Waals surface area contributed by atoms with Gasteiger partial charge in [-0.1, -0.05) is 53.5 Å². The minimum Gasteiger partial charge on any atom is -0.320 e. The Balaban J connectivity index is 1.61. The number of quaternary nitrogens is 1. The molecule has 0 bridgehead atoms. The van der Waals surface area contributed by atoms with E-state index in [1.807, 2.05) is 12.1 Å². The summed E-state index contributed by atoms with van der Waals surface area (Å²) in [6, 6.07) is 12.9. The second-order valence-corrected chi connectivity index (χ2v) is 7.29. The lowest BCUT2D eigenvalue weighted by Crippen LogP contribution is -3.16. The van der Waals surface area contributed by atoms with Gasteiger partial charge in [-0.3, -0.25) is 9.59 Å². The molecule has 4 rings (SSSR count). The topological polar surface area (TPSA) is 41.8 Å². The van der Waals surface area contributed by atoms with Gasteiger partial charge < -0.3 is 4.90 Å². The van der Waals surface area contributed by atoms with E-state index < -0.39 is 0 Å². The van der Waals surface area contributed by atoms with Gasteiger partial charge in [0.2, 0.25) is 5.91 Å². The zero-order valence-electron chi connectivity index (χ0n) is 13.5. The van der Waals surface area contributed by atoms with E-state index in [1.54, 1.807) is 18.2 Å². The first-order valence-electron chi connectivity index (χ1n) is 8.28. The number of anilines is 1. The van der Waals surface area contributed by atoms with Crippen LogP contribution in [0.3, 0.4) is 0 Å². The number of rotatable bonds is 2. The van der Waals surface area contributed by atoms with Crippen LogP contribution in [0.25, 0.3) is 0 Å². The molecule has 1 fully saturated rings. The van der Waals surface area contributed by atoms with E-state index in [-0.39, 0.29) is 29.3 Å². The number of amides is 2. The highest BCUT2D eigenvalue weighted by molar-refractivity contribution is 6.44. The molecule has 6 heteroatoms. The molecule has 0 radical (unpaired) electrons. The van der Waals surface area contributed by atoms with Crippen molar-refractivity contribution < 1.29 is 14.5 Å². The third kappa shape index (κ3) is 2.84. The molecule has 2 aliphatic heterocycles. The lowest BCUT2D eigenvalue weighted by atomic mass is 9.98. The van der Waals surface area contributed by atoms with Crippen molar-refractivity contribution in [2.45, 2.75) is 25.4 Å². The van der Waals surface area contributed by atoms with Gasteiger partial charge >= 0.3 is 0 Å². The number of carbonyl (C=O) groups excluding carboxylic acids is 2. The second-order valence-electron chi connectivity index (χ2n) is 6.50. The summed E-state index contributed by atoms with van der Waals surface area (Å²) in [5.74, 6) is -0.408. The van der Waals surface area contributed by atoms with E-state index in [1.165, 1.54) is 16.0 Å². The molecule has 2 aromatic carbocycles. The molecule has 4 nitrogen and oxygen atoms in total. The van der Waals surface area contributed by atoms with Crippen LogP contribution < -0.4 is 9.80 Å². The predicted molar refractivity (Wildman–Crippen MR) is 97.0 cm³/mol. The fourth-order valence-electron chi connectivity index (χ4n) is 3.77. The zero-order chi connectivity index (χ0) is 17.6. The molecule has 128 valence electrons. The summed E-state index contributed by atoms with van der Waals surface area (Å²) in [7, 11) is 0. The van der Waals surface area contributed by atoms with Gasteiger partial charge in [0.05, 0.1) is 28.7 Å². The number of carbonyl (C=O) groups is 2. The number of nitrogens with zero attached hydrogens (tertiary/aromatic N) is 1. The fraction of sp³-hybridized carbons (Fsp3) is 0.263. The molecule has 2 aromatic rings. The van der Waals surface area contributed by atoms with Gasteiger partial charge in [0.1, 0.15) is 6.54 Å². The van der Waals surface area contributed by atoms with Crippen LogP contribution >= 0.6 is 23.2 Å². The van der Waals surface area contributed by atoms with E-state index in [2.05, 4.69) is 12.1 Å². The first kappa shape index (κ1) is 16.6. The highest BCUT2D eigenvalue weighted by Gasteiger charge is 2.47. The van der Waals surface area contributed by atoms with Gasteiger partial charge in [0.25, 0.3) is 5.91 Å². The lowest BCUT2D eigenvalue weighted by molar-refractivity contribution is -0.930. The first-order chi connectivity index (χ1) is 12.1. The van der Waals surface area contributed by atoms with E-state index in [9.17, 15) is 9.59 Å². The lowest BCUT2D eigenvalue weighted by Gasteiger charge is -2.29. The Bertz CT molecular complexity index is 868. The van der Waals surface area contributed by atoms with Crippen molar-refractivity contribution in [1.29, 1.82) is 0 Å². The summed E-state index contributed by atoms with van der Waals surface area (Å²) in [5, 5.41) is 0.577. The Labute approximate surface area is 155 Å². The van der Waals surface area contributed by atoms with Crippen molar-refractivity contribution >= 4 is 40.7 Å². The van der Waals surface area contributed by atoms with E-state index in [0.717, 1.165) is 24.4 Å². The van der Waals surface area contributed by atoms with Gasteiger partial charge in [0, 0.05) is 12.0 Å². The van der Waals surface area contributed by atoms with Gasteiger partial charge in [-0.25, -0.2) is 4.90 Å². The molecule has 0 aliphatic carbocycles. The smallest absolute Gasteiger partial charge is 0.292 e. The van der Waals surface area contributed by atoms with Gasteiger partial charge in [-0.2, -0.15) is 0 Å². The maximum atomic E-state index is 13.0. The van der Waals surface area contributed by atoms with E-state index in [0.29, 0.717) is 10.7 Å². The van der Waals surface area contributed by atoms with Crippen LogP contribution in [0.15, 0.2) is 42.5 Å². The number of imide groups is 1. The largest absolute Gasteiger partial charge is 0.320 e. The van der Waals surface area contributed by atoms with Crippen molar-refractivity contribution in [3.8, 4) is 0 Å². The Morgan fingerprint density at radius 3 is 2.56 bits per heavy atom. The molecule has 2 amide bonds. The second kappa shape index (κ2) is 6.45. The number of benzene rings is 2. The molecule has 0 aromatic heterocycles. The molecule has 2 atom stereocenters. The van der Waals surface area contributed by atoms with Crippen LogP contribution in [0.4, 0.5) is 5.69 Å². The summed E-state index contributed by atoms with van der Waals surface area (Å²) in [4.78, 5) is 27.8. The normalized spacial score (nSPS) is 23.0. The molecular weight excluding hydrogens is 359 g/mol. The zero-order valence-corrected chi connectivity index (χ0v) is 15.0. The van der Waals surface area contributed by atoms with Crippen molar-refractivity contribution in [3.63, 3.8) is 0 Å². The summed E-state index contributed by atoms with van der Waals surface area (Å²) in [6.45, 7) is 1.61. The van der Waals surface area contributed by atoms with Crippen molar-refractivity contribution in [3.05, 3.63) is 63.6 Å². The Morgan fingerprint density at radius 2 is 1.76 bits per heavy atom. The Hall–Kier alpha value is -1.88. The number of hydrogen-bond acceptors (Lipinski definition) is 2. The minimum absolute atomic E-state index is 0.191. The summed E-state index contributed by atoms with van der Waals surface area (Å²) >= 11 is 12.3. The third-order valence-corrected chi connectivity index (χ3v) is 5.87. The van der Waals surface area contributed by atoms with Gasteiger partial charge in [0.15, 0.2) is 6.04 Å². The summed E-state index contributed by atoms with van der Waals surface area (Å²) < 4.78 is 0. The molecule has 0 spiro atoms. The predicted octanol–water partition coefficient (Wildman–Crippen LogP) is 2.27. The number of halogens is 2. The first-order valence-corrected chi connectivity index (χ1v) is 9.04. The quantitative estimate of drug-likeness (QED) is 0.818. The molecule has 2 heterocycles. The molecule has 25 heavy (non-hydrogen) atoms. The van der Waals surface area contributed by atoms with E-state index in [4.69, 9.17) is 23.2 Å². The molecular formula is C19H17Cl2N2O2+.